The molecule has 0 bridgehead atoms. The van der Waals surface area contributed by atoms with Gasteiger partial charge in [0.05, 0.1) is 12.3 Å². The fraction of sp³-hybridized carbons (Fsp3) is 0.357. The molecule has 0 saturated carbocycles. The van der Waals surface area contributed by atoms with Crippen LogP contribution in [-0.2, 0) is 13.0 Å². The maximum atomic E-state index is 13.5. The zero-order valence-corrected chi connectivity index (χ0v) is 10.7. The minimum Gasteiger partial charge on any atom is -0.388 e. The number of hydrogen-bond donors (Lipinski definition) is 1. The maximum Gasteiger partial charge on any atom is 0.126 e. The van der Waals surface area contributed by atoms with E-state index in [0.717, 1.165) is 31.2 Å². The normalized spacial score (nSPS) is 12.6. The highest BCUT2D eigenvalue weighted by molar-refractivity contribution is 5.21. The molecule has 1 aromatic heterocycles. The van der Waals surface area contributed by atoms with Crippen molar-refractivity contribution in [3.8, 4) is 0 Å². The zero-order valence-electron chi connectivity index (χ0n) is 10.7. The molecule has 3 nitrogen and oxygen atoms in total. The molecule has 19 heavy (non-hydrogen) atoms. The third-order valence-electron chi connectivity index (χ3n) is 2.91. The lowest BCUT2D eigenvalue weighted by Crippen LogP contribution is -2.03. The summed E-state index contributed by atoms with van der Waals surface area (Å²) in [5, 5.41) is 14.1. The van der Waals surface area contributed by atoms with Crippen molar-refractivity contribution >= 4 is 0 Å². The molecular weight excluding hydrogens is 250 g/mol. The smallest absolute Gasteiger partial charge is 0.126 e. The largest absolute Gasteiger partial charge is 0.388 e. The Morgan fingerprint density at radius 1 is 1.37 bits per heavy atom. The van der Waals surface area contributed by atoms with Crippen molar-refractivity contribution in [2.24, 2.45) is 0 Å². The molecule has 0 aliphatic heterocycles. The molecule has 1 unspecified atom stereocenters. The monoisotopic (exact) mass is 266 g/mol. The molecule has 0 aliphatic carbocycles. The minimum absolute atomic E-state index is 0.0292. The van der Waals surface area contributed by atoms with E-state index in [4.69, 9.17) is 0 Å². The van der Waals surface area contributed by atoms with Crippen molar-refractivity contribution in [2.75, 3.05) is 0 Å². The predicted octanol–water partition coefficient (Wildman–Crippen LogP) is 2.85. The quantitative estimate of drug-likeness (QED) is 0.903. The van der Waals surface area contributed by atoms with Crippen molar-refractivity contribution < 1.29 is 13.9 Å². The lowest BCUT2D eigenvalue weighted by atomic mass is 10.0. The van der Waals surface area contributed by atoms with Crippen LogP contribution >= 0.6 is 0 Å². The Morgan fingerprint density at radius 2 is 2.16 bits per heavy atom. The first-order chi connectivity index (χ1) is 9.10. The van der Waals surface area contributed by atoms with Crippen molar-refractivity contribution in [3.63, 3.8) is 0 Å². The van der Waals surface area contributed by atoms with Crippen LogP contribution in [0.15, 0.2) is 30.6 Å². The van der Waals surface area contributed by atoms with Crippen LogP contribution in [0.3, 0.4) is 0 Å². The first-order valence-electron chi connectivity index (χ1n) is 6.24. The zero-order chi connectivity index (χ0) is 13.8. The fourth-order valence-corrected chi connectivity index (χ4v) is 1.93. The highest BCUT2D eigenvalue weighted by Gasteiger charge is 2.14. The first-order valence-corrected chi connectivity index (χ1v) is 6.24. The highest BCUT2D eigenvalue weighted by atomic mass is 19.1. The van der Waals surface area contributed by atoms with Crippen LogP contribution in [0.5, 0.6) is 0 Å². The van der Waals surface area contributed by atoms with Gasteiger partial charge in [-0.1, -0.05) is 6.92 Å². The van der Waals surface area contributed by atoms with E-state index >= 15 is 0 Å². The molecular formula is C14H16F2N2O. The maximum absolute atomic E-state index is 13.5. The van der Waals surface area contributed by atoms with Crippen LogP contribution in [0, 0.1) is 11.6 Å². The van der Waals surface area contributed by atoms with Crippen LogP contribution < -0.4 is 0 Å². The second-order valence-corrected chi connectivity index (χ2v) is 4.49. The van der Waals surface area contributed by atoms with Gasteiger partial charge in [0.2, 0.25) is 0 Å². The number of aliphatic hydroxyl groups is 1. The van der Waals surface area contributed by atoms with Gasteiger partial charge >= 0.3 is 0 Å². The number of aliphatic hydroxyl groups excluding tert-OH is 1. The van der Waals surface area contributed by atoms with E-state index in [1.807, 2.05) is 6.92 Å². The van der Waals surface area contributed by atoms with Gasteiger partial charge in [-0.3, -0.25) is 4.68 Å². The summed E-state index contributed by atoms with van der Waals surface area (Å²) in [7, 11) is 0. The molecule has 1 aromatic carbocycles. The van der Waals surface area contributed by atoms with Gasteiger partial charge < -0.3 is 5.11 Å². The summed E-state index contributed by atoms with van der Waals surface area (Å²) in [4.78, 5) is 0. The SMILES string of the molecule is CCCn1cc(C(O)Cc2cc(F)ccc2F)cn1. The van der Waals surface area contributed by atoms with Gasteiger partial charge in [-0.15, -0.1) is 0 Å². The molecule has 1 heterocycles. The molecule has 0 fully saturated rings. The van der Waals surface area contributed by atoms with Gasteiger partial charge in [-0.05, 0) is 30.2 Å². The third-order valence-corrected chi connectivity index (χ3v) is 2.91. The molecule has 1 atom stereocenters. The molecule has 1 N–H and O–H groups in total. The molecule has 2 aromatic rings. The Balaban J connectivity index is 2.11. The number of benzene rings is 1. The molecule has 0 saturated heterocycles. The summed E-state index contributed by atoms with van der Waals surface area (Å²) < 4.78 is 28.2. The molecule has 0 radical (unpaired) electrons. The lowest BCUT2D eigenvalue weighted by Gasteiger charge is -2.09. The number of hydrogen-bond acceptors (Lipinski definition) is 2. The Morgan fingerprint density at radius 3 is 2.89 bits per heavy atom. The van der Waals surface area contributed by atoms with Gasteiger partial charge in [-0.2, -0.15) is 5.10 Å². The average Bonchev–Trinajstić information content (AvgIpc) is 2.83. The van der Waals surface area contributed by atoms with Crippen molar-refractivity contribution in [3.05, 3.63) is 53.4 Å². The Bertz CT molecular complexity index is 554. The topological polar surface area (TPSA) is 38.0 Å². The van der Waals surface area contributed by atoms with Gasteiger partial charge in [0, 0.05) is 24.7 Å². The van der Waals surface area contributed by atoms with Crippen LogP contribution in [0.4, 0.5) is 8.78 Å². The number of halogens is 2. The minimum atomic E-state index is -0.887. The molecule has 5 heteroatoms. The molecule has 0 spiro atoms. The summed E-state index contributed by atoms with van der Waals surface area (Å²) >= 11 is 0. The van der Waals surface area contributed by atoms with Gasteiger partial charge in [0.25, 0.3) is 0 Å². The van der Waals surface area contributed by atoms with Crippen LogP contribution in [0.2, 0.25) is 0 Å². The van der Waals surface area contributed by atoms with E-state index in [1.54, 1.807) is 17.1 Å². The standard InChI is InChI=1S/C14H16F2N2O/c1-2-5-18-9-11(8-17-18)14(19)7-10-6-12(15)3-4-13(10)16/h3-4,6,8-9,14,19H,2,5,7H2,1H3. The highest BCUT2D eigenvalue weighted by Crippen LogP contribution is 2.20. The third kappa shape index (κ3) is 3.38. The van der Waals surface area contributed by atoms with Crippen LogP contribution in [-0.4, -0.2) is 14.9 Å². The van der Waals surface area contributed by atoms with Crippen molar-refractivity contribution in [1.82, 2.24) is 9.78 Å². The summed E-state index contributed by atoms with van der Waals surface area (Å²) in [6.45, 7) is 2.79. The average molecular weight is 266 g/mol. The predicted molar refractivity (Wildman–Crippen MR) is 67.5 cm³/mol. The van der Waals surface area contributed by atoms with Crippen LogP contribution in [0.1, 0.15) is 30.6 Å². The van der Waals surface area contributed by atoms with Gasteiger partial charge in [-0.25, -0.2) is 8.78 Å². The summed E-state index contributed by atoms with van der Waals surface area (Å²) in [6, 6.07) is 3.23. The number of nitrogens with zero attached hydrogens (tertiary/aromatic N) is 2. The fourth-order valence-electron chi connectivity index (χ4n) is 1.93. The second-order valence-electron chi connectivity index (χ2n) is 4.49. The van der Waals surface area contributed by atoms with E-state index in [1.165, 1.54) is 0 Å². The Hall–Kier alpha value is -1.75. The first kappa shape index (κ1) is 13.7. The van der Waals surface area contributed by atoms with Gasteiger partial charge in [0.1, 0.15) is 11.6 Å². The van der Waals surface area contributed by atoms with Gasteiger partial charge in [0.15, 0.2) is 0 Å². The van der Waals surface area contributed by atoms with E-state index in [2.05, 4.69) is 5.10 Å². The molecule has 2 rings (SSSR count). The summed E-state index contributed by atoms with van der Waals surface area (Å²) in [6.07, 6.45) is 3.36. The van der Waals surface area contributed by atoms with E-state index in [0.29, 0.717) is 5.56 Å². The number of aryl methyl sites for hydroxylation is 1. The number of rotatable bonds is 5. The summed E-state index contributed by atoms with van der Waals surface area (Å²) in [5.41, 5.74) is 0.771. The Labute approximate surface area is 110 Å². The van der Waals surface area contributed by atoms with Crippen molar-refractivity contribution in [2.45, 2.75) is 32.4 Å². The second kappa shape index (κ2) is 5.93. The molecule has 102 valence electrons. The summed E-state index contributed by atoms with van der Waals surface area (Å²) in [5.74, 6) is -1.02. The molecule has 0 aliphatic rings. The van der Waals surface area contributed by atoms with E-state index < -0.39 is 17.7 Å². The number of aromatic nitrogens is 2. The van der Waals surface area contributed by atoms with E-state index in [9.17, 15) is 13.9 Å². The van der Waals surface area contributed by atoms with Crippen LogP contribution in [0.25, 0.3) is 0 Å². The van der Waals surface area contributed by atoms with Crippen molar-refractivity contribution in [1.29, 1.82) is 0 Å². The van der Waals surface area contributed by atoms with E-state index in [-0.39, 0.29) is 12.0 Å². The molecule has 0 amide bonds. The Kier molecular flexibility index (Phi) is 4.27. The lowest BCUT2D eigenvalue weighted by molar-refractivity contribution is 0.177.